The van der Waals surface area contributed by atoms with Gasteiger partial charge in [0.05, 0.1) is 264 Å². The highest BCUT2D eigenvalue weighted by Crippen LogP contribution is 2.01. The van der Waals surface area contributed by atoms with Crippen LogP contribution in [0.15, 0.2) is 0 Å². The van der Waals surface area contributed by atoms with Crippen molar-refractivity contribution in [1.29, 1.82) is 0 Å². The molecule has 0 rings (SSSR count). The van der Waals surface area contributed by atoms with Crippen molar-refractivity contribution in [2.75, 3.05) is 378 Å². The van der Waals surface area contributed by atoms with E-state index in [1.807, 2.05) is 0 Å². The first-order chi connectivity index (χ1) is 54.0. The molecule has 7 amide bonds. The van der Waals surface area contributed by atoms with Gasteiger partial charge in [0.1, 0.15) is 64.6 Å². The Morgan fingerprint density at radius 2 is 0.382 bits per heavy atom. The van der Waals surface area contributed by atoms with Gasteiger partial charge in [-0.3, -0.25) is 33.6 Å². The van der Waals surface area contributed by atoms with Crippen LogP contribution in [-0.4, -0.2) is 443 Å². The number of ether oxygens (including phenoxy) is 27. The van der Waals surface area contributed by atoms with Gasteiger partial charge in [-0.15, -0.1) is 0 Å². The maximum Gasteiger partial charge on any atom is 0.248 e. The lowest BCUT2D eigenvalue weighted by molar-refractivity contribution is -0.133. The molecule has 0 aromatic rings. The molecule has 0 fully saturated rings. The Bertz CT molecular complexity index is 1860. The molecule has 0 aliphatic rings. The summed E-state index contributed by atoms with van der Waals surface area (Å²) in [6.45, 7) is 10.3. The Hall–Kier alpha value is -4.83. The van der Waals surface area contributed by atoms with Crippen LogP contribution in [0, 0.1) is 6.73 Å². The molecule has 0 saturated heterocycles. The molecule has 647 valence electrons. The van der Waals surface area contributed by atoms with Gasteiger partial charge in [-0.05, 0) is 0 Å². The van der Waals surface area contributed by atoms with Crippen molar-refractivity contribution in [2.45, 2.75) is 18.3 Å². The second-order valence-electron chi connectivity index (χ2n) is 22.4. The minimum absolute atomic E-state index is 0.00800. The van der Waals surface area contributed by atoms with Crippen LogP contribution >= 0.6 is 0 Å². The minimum Gasteiger partial charge on any atom is -0.382 e. The third-order valence-electron chi connectivity index (χ3n) is 13.2. The molecule has 0 aliphatic heterocycles. The quantitative estimate of drug-likeness (QED) is 0.0263. The predicted octanol–water partition coefficient (Wildman–Crippen LogP) is -5.64. The molecule has 0 saturated carbocycles. The smallest absolute Gasteiger partial charge is 0.248 e. The van der Waals surface area contributed by atoms with Crippen molar-refractivity contribution in [2.24, 2.45) is 0 Å². The predicted molar refractivity (Wildman–Crippen MR) is 386 cm³/mol. The zero-order valence-corrected chi connectivity index (χ0v) is 65.1. The molecule has 0 aromatic carbocycles. The Kier molecular flexibility index (Phi) is 82.8. The largest absolute Gasteiger partial charge is 0.382 e. The number of hydrogen-bond acceptors (Lipinski definition) is 35. The van der Waals surface area contributed by atoms with Gasteiger partial charge in [-0.25, -0.2) is 0 Å². The van der Waals surface area contributed by atoms with Crippen molar-refractivity contribution in [3.63, 3.8) is 0 Å². The summed E-state index contributed by atoms with van der Waals surface area (Å²) in [5.74, 6) is -2.60. The summed E-state index contributed by atoms with van der Waals surface area (Å²) in [5.41, 5.74) is 0. The first kappa shape index (κ1) is 105. The topological polar surface area (TPSA) is 473 Å². The van der Waals surface area contributed by atoms with Gasteiger partial charge in [0.2, 0.25) is 41.4 Å². The lowest BCUT2D eigenvalue weighted by Crippen LogP contribution is -2.35. The molecule has 1 radical (unpaired) electrons. The highest BCUT2D eigenvalue weighted by molar-refractivity contribution is 5.79. The number of amides is 7. The number of aliphatic hydroxyl groups is 1. The van der Waals surface area contributed by atoms with Crippen molar-refractivity contribution < 1.29 is 167 Å². The van der Waals surface area contributed by atoms with Crippen LogP contribution in [0.5, 0.6) is 0 Å². The number of methoxy groups -OCH3 is 4. The number of carbonyl (C=O) groups is 7. The molecule has 0 bridgehead atoms. The average Bonchev–Trinajstić information content (AvgIpc) is 1.02. The van der Waals surface area contributed by atoms with Gasteiger partial charge in [0.25, 0.3) is 0 Å². The fourth-order valence-electron chi connectivity index (χ4n) is 7.73. The second-order valence-corrected chi connectivity index (χ2v) is 22.4. The summed E-state index contributed by atoms with van der Waals surface area (Å²) in [7, 11) is 6.32. The van der Waals surface area contributed by atoms with E-state index in [2.05, 4.69) is 37.2 Å². The average molecular weight is 1610 g/mol. The van der Waals surface area contributed by atoms with Gasteiger partial charge in [0.15, 0.2) is 6.73 Å². The summed E-state index contributed by atoms with van der Waals surface area (Å²) in [6.07, 6.45) is -2.00. The summed E-state index contributed by atoms with van der Waals surface area (Å²) in [5, 5.41) is 27.4. The van der Waals surface area contributed by atoms with Crippen LogP contribution in [0.1, 0.15) is 0 Å². The maximum absolute atomic E-state index is 12.8. The highest BCUT2D eigenvalue weighted by Gasteiger charge is 2.17. The van der Waals surface area contributed by atoms with Crippen molar-refractivity contribution in [3.8, 4) is 0 Å². The molecule has 0 aromatic heterocycles. The monoisotopic (exact) mass is 1600 g/mol. The summed E-state index contributed by atoms with van der Waals surface area (Å²) in [4.78, 5) is 85.6. The summed E-state index contributed by atoms with van der Waals surface area (Å²) >= 11 is 0. The Labute approximate surface area is 646 Å². The van der Waals surface area contributed by atoms with E-state index in [1.165, 1.54) is 0 Å². The molecule has 8 N–H and O–H groups in total. The van der Waals surface area contributed by atoms with E-state index >= 15 is 0 Å². The number of aliphatic hydroxyl groups excluding tert-OH is 1. The molecule has 42 heteroatoms. The molecule has 0 heterocycles. The standard InChI is InChI=1S/C68H130N7O35/c1-84-17-21-94-31-41-104-51-62(77)69-5-11-88-25-35-98-45-59(46-99-36-26-89-12-6-70-63(78)52-105-42-32-95-22-18-85-2)108-55-66(81)73-9-15-92-29-39-102-49-61(110-57-68(83)75-58-76)50-103-40-30-93-16-10-74-67(82)56-109-60(47-100-37-27-90-13-7-71-64(79)53-106-43-33-96-23-19-86-3)48-101-38-28-91-14-8-72-65(80)54-107-44-34-97-24-20-87-4/h58-61,76H,5-57H2,1-4H3,(H,69,77)(H,70,78)(H,71,79)(H,72,80)(H,73,81)(H,74,82)(H,75,83). The maximum atomic E-state index is 12.8. The number of nitrogens with one attached hydrogen (secondary N) is 7. The molecular formula is C68H130N7O35. The van der Waals surface area contributed by atoms with E-state index < -0.39 is 42.6 Å². The van der Waals surface area contributed by atoms with E-state index in [9.17, 15) is 33.6 Å². The fraction of sp³-hybridized carbons (Fsp3) is 0.882. The zero-order chi connectivity index (χ0) is 80.0. The zero-order valence-electron chi connectivity index (χ0n) is 65.1. The molecular weight excluding hydrogens is 1470 g/mol. The minimum atomic E-state index is -0.706. The van der Waals surface area contributed by atoms with Crippen LogP contribution in [0.3, 0.4) is 0 Å². The summed E-state index contributed by atoms with van der Waals surface area (Å²) < 4.78 is 147. The van der Waals surface area contributed by atoms with E-state index in [1.54, 1.807) is 28.4 Å². The first-order valence-corrected chi connectivity index (χ1v) is 36.7. The highest BCUT2D eigenvalue weighted by atomic mass is 16.6. The lowest BCUT2D eigenvalue weighted by Gasteiger charge is -2.19. The molecule has 0 aliphatic carbocycles. The second kappa shape index (κ2) is 86.6. The third kappa shape index (κ3) is 81.2. The van der Waals surface area contributed by atoms with Gasteiger partial charge >= 0.3 is 0 Å². The van der Waals surface area contributed by atoms with Crippen LogP contribution in [0.25, 0.3) is 0 Å². The molecule has 0 spiro atoms. The van der Waals surface area contributed by atoms with Crippen molar-refractivity contribution in [3.05, 3.63) is 6.73 Å². The van der Waals surface area contributed by atoms with Crippen LogP contribution < -0.4 is 37.2 Å². The van der Waals surface area contributed by atoms with Gasteiger partial charge in [-0.2, -0.15) is 0 Å². The third-order valence-corrected chi connectivity index (χ3v) is 13.2. The van der Waals surface area contributed by atoms with Crippen LogP contribution in [-0.2, 0) is 161 Å². The Morgan fingerprint density at radius 1 is 0.218 bits per heavy atom. The number of carbonyl (C=O) groups excluding carboxylic acids is 7. The first-order valence-electron chi connectivity index (χ1n) is 36.7. The van der Waals surface area contributed by atoms with E-state index in [0.717, 1.165) is 0 Å². The van der Waals surface area contributed by atoms with Gasteiger partial charge in [0, 0.05) is 67.7 Å². The summed E-state index contributed by atoms with van der Waals surface area (Å²) in [6, 6.07) is 0. The van der Waals surface area contributed by atoms with E-state index in [4.69, 9.17) is 133 Å². The molecule has 110 heavy (non-hydrogen) atoms. The van der Waals surface area contributed by atoms with Crippen molar-refractivity contribution in [1.82, 2.24) is 37.2 Å². The van der Waals surface area contributed by atoms with Crippen LogP contribution in [0.2, 0.25) is 0 Å². The normalized spacial score (nSPS) is 11.5. The van der Waals surface area contributed by atoms with E-state index in [0.29, 0.717) is 86.0 Å². The van der Waals surface area contributed by atoms with Crippen molar-refractivity contribution >= 4 is 41.4 Å². The lowest BCUT2D eigenvalue weighted by atomic mass is 10.4. The molecule has 0 atom stereocenters. The fourth-order valence-corrected chi connectivity index (χ4v) is 7.73. The molecule has 42 nitrogen and oxygen atoms in total. The Morgan fingerprint density at radius 3 is 0.582 bits per heavy atom. The number of hydrogen-bond donors (Lipinski definition) is 8. The van der Waals surface area contributed by atoms with Crippen LogP contribution in [0.4, 0.5) is 0 Å². The Balaban J connectivity index is 4.85. The SMILES string of the molecule is COCCOCCOCC(=O)NCCOCCOCC(COCCOCCNC(=O)COCCOCCOC)OCC(=O)NCCOCCOCC(COCCOCCNC(=O)COC(COCCOCCNC(=O)COCCOCCOC)COCCOCCNC(=O)COCCOCCOC)OCC(=O)N[CH]O. The van der Waals surface area contributed by atoms with E-state index in [-0.39, 0.29) is 288 Å². The van der Waals surface area contributed by atoms with Gasteiger partial charge < -0.3 is 170 Å². The number of rotatable bonds is 90. The van der Waals surface area contributed by atoms with Gasteiger partial charge in [-0.1, -0.05) is 0 Å². The molecule has 0 unspecified atom stereocenters.